The summed E-state index contributed by atoms with van der Waals surface area (Å²) in [5, 5.41) is 10.1. The predicted molar refractivity (Wildman–Crippen MR) is 94.7 cm³/mol. The van der Waals surface area contributed by atoms with E-state index in [1.807, 2.05) is 0 Å². The Balaban J connectivity index is 2.57. The summed E-state index contributed by atoms with van der Waals surface area (Å²) >= 11 is 0. The number of hydrogen-bond donors (Lipinski definition) is 3. The minimum absolute atomic E-state index is 0.0928. The van der Waals surface area contributed by atoms with Gasteiger partial charge in [-0.15, -0.1) is 0 Å². The van der Waals surface area contributed by atoms with Gasteiger partial charge >= 0.3 is 0 Å². The molecule has 0 aliphatic carbocycles. The van der Waals surface area contributed by atoms with Crippen molar-refractivity contribution in [2.24, 2.45) is 11.5 Å². The third-order valence-electron chi connectivity index (χ3n) is 3.75. The van der Waals surface area contributed by atoms with Crippen molar-refractivity contribution < 1.29 is 28.6 Å². The Morgan fingerprint density at radius 3 is 2.48 bits per heavy atom. The number of carbonyl (C=O) groups excluding carboxylic acids is 2. The van der Waals surface area contributed by atoms with Crippen LogP contribution in [0.5, 0.6) is 17.2 Å². The number of hydrogen-bond acceptors (Lipinski definition) is 7. The molecule has 5 N–H and O–H groups in total. The van der Waals surface area contributed by atoms with Crippen molar-refractivity contribution in [2.45, 2.75) is 19.3 Å². The average molecular weight is 376 g/mol. The molecule has 0 fully saturated rings. The lowest BCUT2D eigenvalue weighted by Crippen LogP contribution is -2.20. The number of aromatic hydroxyl groups is 1. The summed E-state index contributed by atoms with van der Waals surface area (Å²) in [6.07, 6.45) is -0.235. The van der Waals surface area contributed by atoms with Crippen LogP contribution in [-0.4, -0.2) is 30.6 Å². The molecule has 27 heavy (non-hydrogen) atoms. The van der Waals surface area contributed by atoms with Crippen molar-refractivity contribution in [3.8, 4) is 17.2 Å². The summed E-state index contributed by atoms with van der Waals surface area (Å²) in [5.74, 6) is -2.12. The number of benzene rings is 1. The van der Waals surface area contributed by atoms with E-state index in [4.69, 9.17) is 25.4 Å². The smallest absolute Gasteiger partial charge is 0.255 e. The average Bonchev–Trinajstić information content (AvgIpc) is 2.60. The number of nitrogens with two attached hydrogens (primary N) is 2. The molecule has 0 saturated carbocycles. The number of methoxy groups -OCH3 is 1. The van der Waals surface area contributed by atoms with Crippen molar-refractivity contribution in [3.05, 3.63) is 51.6 Å². The molecule has 0 saturated heterocycles. The summed E-state index contributed by atoms with van der Waals surface area (Å²) in [6, 6.07) is 5.78. The minimum atomic E-state index is -0.850. The first-order valence-electron chi connectivity index (χ1n) is 7.93. The van der Waals surface area contributed by atoms with Crippen LogP contribution in [0.2, 0.25) is 0 Å². The van der Waals surface area contributed by atoms with Gasteiger partial charge in [-0.25, -0.2) is 0 Å². The van der Waals surface area contributed by atoms with Gasteiger partial charge < -0.3 is 30.5 Å². The molecule has 9 nitrogen and oxygen atoms in total. The van der Waals surface area contributed by atoms with Gasteiger partial charge in [-0.3, -0.25) is 14.4 Å². The van der Waals surface area contributed by atoms with Crippen LogP contribution in [-0.2, 0) is 9.59 Å². The predicted octanol–water partition coefficient (Wildman–Crippen LogP) is 0.534. The number of aryl methyl sites for hydroxylation is 1. The third kappa shape index (κ3) is 4.78. The van der Waals surface area contributed by atoms with Gasteiger partial charge in [0.2, 0.25) is 17.1 Å². The molecule has 2 amide bonds. The molecular formula is C18H20N2O7. The Morgan fingerprint density at radius 2 is 1.89 bits per heavy atom. The van der Waals surface area contributed by atoms with Crippen LogP contribution in [0.15, 0.2) is 33.5 Å². The first-order valence-corrected chi connectivity index (χ1v) is 7.93. The van der Waals surface area contributed by atoms with E-state index in [1.165, 1.54) is 13.2 Å². The van der Waals surface area contributed by atoms with Crippen molar-refractivity contribution >= 4 is 11.8 Å². The van der Waals surface area contributed by atoms with E-state index in [0.717, 1.165) is 6.07 Å². The number of amides is 2. The highest BCUT2D eigenvalue weighted by molar-refractivity contribution is 5.76. The second-order valence-corrected chi connectivity index (χ2v) is 5.82. The molecule has 0 bridgehead atoms. The van der Waals surface area contributed by atoms with Crippen LogP contribution in [0.25, 0.3) is 0 Å². The van der Waals surface area contributed by atoms with E-state index >= 15 is 0 Å². The van der Waals surface area contributed by atoms with E-state index in [9.17, 15) is 19.5 Å². The van der Waals surface area contributed by atoms with Crippen molar-refractivity contribution in [1.82, 2.24) is 0 Å². The van der Waals surface area contributed by atoms with Crippen LogP contribution in [0.1, 0.15) is 29.4 Å². The lowest BCUT2D eigenvalue weighted by molar-refractivity contribution is -0.120. The fourth-order valence-electron chi connectivity index (χ4n) is 2.60. The van der Waals surface area contributed by atoms with Crippen LogP contribution in [0.3, 0.4) is 0 Å². The molecule has 1 atom stereocenters. The summed E-state index contributed by atoms with van der Waals surface area (Å²) in [6.45, 7) is 1.16. The van der Waals surface area contributed by atoms with Gasteiger partial charge in [0.25, 0.3) is 5.91 Å². The maximum atomic E-state index is 11.9. The Hall–Kier alpha value is -3.49. The molecule has 0 spiro atoms. The molecule has 1 aromatic carbocycles. The lowest BCUT2D eigenvalue weighted by Gasteiger charge is -2.18. The van der Waals surface area contributed by atoms with E-state index in [1.54, 1.807) is 19.1 Å². The van der Waals surface area contributed by atoms with E-state index < -0.39 is 28.9 Å². The van der Waals surface area contributed by atoms with E-state index in [2.05, 4.69) is 0 Å². The Bertz CT molecular complexity index is 920. The summed E-state index contributed by atoms with van der Waals surface area (Å²) < 4.78 is 16.0. The SMILES string of the molecule is COc1ccc([C@H](CC(N)=O)c2oc(C)cc(=O)c2O)cc1OCC(N)=O. The van der Waals surface area contributed by atoms with Crippen molar-refractivity contribution in [2.75, 3.05) is 13.7 Å². The fraction of sp³-hybridized carbons (Fsp3) is 0.278. The maximum absolute atomic E-state index is 11.9. The molecule has 9 heteroatoms. The molecule has 0 aliphatic heterocycles. The molecular weight excluding hydrogens is 356 g/mol. The highest BCUT2D eigenvalue weighted by Gasteiger charge is 2.26. The fourth-order valence-corrected chi connectivity index (χ4v) is 2.60. The second-order valence-electron chi connectivity index (χ2n) is 5.82. The molecule has 1 heterocycles. The van der Waals surface area contributed by atoms with Gasteiger partial charge in [-0.1, -0.05) is 6.07 Å². The quantitative estimate of drug-likeness (QED) is 0.607. The summed E-state index contributed by atoms with van der Waals surface area (Å²) in [4.78, 5) is 34.5. The van der Waals surface area contributed by atoms with E-state index in [-0.39, 0.29) is 30.3 Å². The summed E-state index contributed by atoms with van der Waals surface area (Å²) in [5.41, 5.74) is 10.2. The highest BCUT2D eigenvalue weighted by atomic mass is 16.5. The topological polar surface area (TPSA) is 155 Å². The van der Waals surface area contributed by atoms with Crippen molar-refractivity contribution in [1.29, 1.82) is 0 Å². The van der Waals surface area contributed by atoms with Gasteiger partial charge in [-0.05, 0) is 24.6 Å². The van der Waals surface area contributed by atoms with Crippen LogP contribution < -0.4 is 26.4 Å². The lowest BCUT2D eigenvalue weighted by atomic mass is 9.91. The zero-order valence-corrected chi connectivity index (χ0v) is 14.9. The zero-order chi connectivity index (χ0) is 20.1. The largest absolute Gasteiger partial charge is 0.502 e. The Labute approximate surface area is 154 Å². The number of carbonyl (C=O) groups is 2. The first-order chi connectivity index (χ1) is 12.7. The molecule has 0 aliphatic rings. The number of primary amides is 2. The molecule has 0 radical (unpaired) electrons. The zero-order valence-electron chi connectivity index (χ0n) is 14.9. The summed E-state index contributed by atoms with van der Waals surface area (Å²) in [7, 11) is 1.42. The van der Waals surface area contributed by atoms with Gasteiger partial charge in [0.05, 0.1) is 13.0 Å². The molecule has 2 aromatic rings. The van der Waals surface area contributed by atoms with Crippen molar-refractivity contribution in [3.63, 3.8) is 0 Å². The Morgan fingerprint density at radius 1 is 1.19 bits per heavy atom. The first kappa shape index (κ1) is 19.8. The Kier molecular flexibility index (Phi) is 6.07. The van der Waals surface area contributed by atoms with E-state index in [0.29, 0.717) is 11.3 Å². The van der Waals surface area contributed by atoms with Crippen LogP contribution >= 0.6 is 0 Å². The number of ether oxygens (including phenoxy) is 2. The minimum Gasteiger partial charge on any atom is -0.502 e. The van der Waals surface area contributed by atoms with Gasteiger partial charge in [0, 0.05) is 12.5 Å². The standard InChI is InChI=1S/C18H20N2O7/c1-9-5-12(21)17(24)18(27-9)11(7-15(19)22)10-3-4-13(25-2)14(6-10)26-8-16(20)23/h3-6,11,24H,7-8H2,1-2H3,(H2,19,22)(H2,20,23)/t11-/m0/s1. The van der Waals surface area contributed by atoms with Gasteiger partial charge in [0.15, 0.2) is 23.9 Å². The molecule has 2 rings (SSSR count). The monoisotopic (exact) mass is 376 g/mol. The number of rotatable bonds is 8. The van der Waals surface area contributed by atoms with Gasteiger partial charge in [-0.2, -0.15) is 0 Å². The molecule has 1 aromatic heterocycles. The van der Waals surface area contributed by atoms with Crippen LogP contribution in [0, 0.1) is 6.92 Å². The molecule has 0 unspecified atom stereocenters. The second kappa shape index (κ2) is 8.26. The highest BCUT2D eigenvalue weighted by Crippen LogP contribution is 2.37. The van der Waals surface area contributed by atoms with Gasteiger partial charge in [0.1, 0.15) is 5.76 Å². The normalized spacial score (nSPS) is 11.6. The molecule has 144 valence electrons. The third-order valence-corrected chi connectivity index (χ3v) is 3.75. The maximum Gasteiger partial charge on any atom is 0.255 e. The van der Waals surface area contributed by atoms with Crippen LogP contribution in [0.4, 0.5) is 0 Å².